The topological polar surface area (TPSA) is 32.8 Å². The van der Waals surface area contributed by atoms with Crippen molar-refractivity contribution in [1.29, 1.82) is 0 Å². The largest absolute Gasteiger partial charge is 0.497 e. The summed E-state index contributed by atoms with van der Waals surface area (Å²) in [5.74, 6) is 0.661. The Labute approximate surface area is 127 Å². The Bertz CT molecular complexity index is 495. The third kappa shape index (κ3) is 4.91. The number of hydrogen-bond donors (Lipinski definition) is 0. The molecule has 22 heavy (non-hydrogen) atoms. The van der Waals surface area contributed by atoms with Crippen molar-refractivity contribution in [2.45, 2.75) is 12.6 Å². The number of ether oxygens (including phenoxy) is 1. The Morgan fingerprint density at radius 3 is 2.23 bits per heavy atom. The lowest BCUT2D eigenvalue weighted by atomic mass is 10.1. The maximum atomic E-state index is 12.3. The minimum atomic E-state index is -4.19. The fourth-order valence-corrected chi connectivity index (χ4v) is 2.44. The molecule has 122 valence electrons. The first kappa shape index (κ1) is 16.6. The second-order valence-electron chi connectivity index (χ2n) is 5.30. The van der Waals surface area contributed by atoms with Crippen molar-refractivity contribution in [3.8, 4) is 5.75 Å². The molecule has 4 nitrogen and oxygen atoms in total. The molecule has 0 atom stereocenters. The van der Waals surface area contributed by atoms with Crippen molar-refractivity contribution < 1.29 is 22.7 Å². The van der Waals surface area contributed by atoms with E-state index in [9.17, 15) is 18.0 Å². The summed E-state index contributed by atoms with van der Waals surface area (Å²) in [5.41, 5.74) is 0.864. The number of nitrogens with zero attached hydrogens (tertiary/aromatic N) is 2. The molecular weight excluding hydrogens is 297 g/mol. The van der Waals surface area contributed by atoms with Crippen molar-refractivity contribution >= 4 is 5.91 Å². The summed E-state index contributed by atoms with van der Waals surface area (Å²) in [6.07, 6.45) is -3.93. The molecule has 1 heterocycles. The van der Waals surface area contributed by atoms with Crippen LogP contribution in [0.25, 0.3) is 0 Å². The average molecular weight is 316 g/mol. The van der Waals surface area contributed by atoms with Crippen LogP contribution in [-0.4, -0.2) is 61.7 Å². The fraction of sp³-hybridized carbons (Fsp3) is 0.533. The van der Waals surface area contributed by atoms with Crippen LogP contribution in [0.3, 0.4) is 0 Å². The summed E-state index contributed by atoms with van der Waals surface area (Å²) in [6, 6.07) is 7.20. The molecule has 7 heteroatoms. The fourth-order valence-electron chi connectivity index (χ4n) is 2.44. The zero-order chi connectivity index (χ0) is 16.2. The highest BCUT2D eigenvalue weighted by Crippen LogP contribution is 2.18. The van der Waals surface area contributed by atoms with Gasteiger partial charge >= 0.3 is 6.18 Å². The summed E-state index contributed by atoms with van der Waals surface area (Å²) in [7, 11) is 1.57. The van der Waals surface area contributed by atoms with E-state index in [0.29, 0.717) is 13.1 Å². The van der Waals surface area contributed by atoms with Crippen molar-refractivity contribution in [2.24, 2.45) is 0 Å². The van der Waals surface area contributed by atoms with Crippen molar-refractivity contribution in [1.82, 2.24) is 9.80 Å². The Balaban J connectivity index is 1.81. The second kappa shape index (κ2) is 7.00. The van der Waals surface area contributed by atoms with Gasteiger partial charge in [0.15, 0.2) is 0 Å². The number of hydrogen-bond acceptors (Lipinski definition) is 3. The number of rotatable bonds is 4. The molecule has 0 saturated carbocycles. The molecule has 1 amide bonds. The number of benzene rings is 1. The summed E-state index contributed by atoms with van der Waals surface area (Å²) in [5, 5.41) is 0. The lowest BCUT2D eigenvalue weighted by molar-refractivity contribution is -0.151. The smallest absolute Gasteiger partial charge is 0.401 e. The summed E-state index contributed by atoms with van der Waals surface area (Å²) in [6.45, 7) is 0.283. The van der Waals surface area contributed by atoms with E-state index >= 15 is 0 Å². The van der Waals surface area contributed by atoms with Crippen LogP contribution in [0.4, 0.5) is 13.2 Å². The van der Waals surface area contributed by atoms with Crippen LogP contribution in [-0.2, 0) is 11.2 Å². The van der Waals surface area contributed by atoms with Gasteiger partial charge in [0, 0.05) is 26.2 Å². The van der Waals surface area contributed by atoms with Crippen LogP contribution < -0.4 is 4.74 Å². The third-order valence-corrected chi connectivity index (χ3v) is 3.64. The molecule has 0 unspecified atom stereocenters. The van der Waals surface area contributed by atoms with Crippen molar-refractivity contribution in [2.75, 3.05) is 39.8 Å². The maximum Gasteiger partial charge on any atom is 0.401 e. The first-order valence-electron chi connectivity index (χ1n) is 7.07. The molecule has 1 aliphatic heterocycles. The Kier molecular flexibility index (Phi) is 5.28. The first-order valence-corrected chi connectivity index (χ1v) is 7.07. The van der Waals surface area contributed by atoms with Gasteiger partial charge in [0.05, 0.1) is 20.1 Å². The molecule has 0 bridgehead atoms. The predicted molar refractivity (Wildman–Crippen MR) is 75.8 cm³/mol. The number of carbonyl (C=O) groups excluding carboxylic acids is 1. The van der Waals surface area contributed by atoms with Gasteiger partial charge in [0.25, 0.3) is 0 Å². The number of halogens is 3. The van der Waals surface area contributed by atoms with E-state index in [1.165, 1.54) is 4.90 Å². The maximum absolute atomic E-state index is 12.3. The second-order valence-corrected chi connectivity index (χ2v) is 5.30. The minimum Gasteiger partial charge on any atom is -0.497 e. The predicted octanol–water partition coefficient (Wildman–Crippen LogP) is 1.94. The summed E-state index contributed by atoms with van der Waals surface area (Å²) < 4.78 is 42.0. The molecule has 0 radical (unpaired) electrons. The lowest BCUT2D eigenvalue weighted by Crippen LogP contribution is -2.51. The lowest BCUT2D eigenvalue weighted by Gasteiger charge is -2.35. The Hall–Kier alpha value is -1.76. The quantitative estimate of drug-likeness (QED) is 0.851. The highest BCUT2D eigenvalue weighted by molar-refractivity contribution is 5.78. The van der Waals surface area contributed by atoms with Gasteiger partial charge in [-0.1, -0.05) is 12.1 Å². The molecule has 0 aromatic heterocycles. The van der Waals surface area contributed by atoms with Gasteiger partial charge in [-0.15, -0.1) is 0 Å². The van der Waals surface area contributed by atoms with Gasteiger partial charge in [-0.2, -0.15) is 13.2 Å². The zero-order valence-corrected chi connectivity index (χ0v) is 12.4. The molecule has 1 aromatic rings. The van der Waals surface area contributed by atoms with Gasteiger partial charge < -0.3 is 9.64 Å². The number of carbonyl (C=O) groups is 1. The van der Waals surface area contributed by atoms with Crippen molar-refractivity contribution in [3.05, 3.63) is 29.8 Å². The average Bonchev–Trinajstić information content (AvgIpc) is 2.47. The normalized spacial score (nSPS) is 16.6. The van der Waals surface area contributed by atoms with E-state index in [1.807, 2.05) is 12.1 Å². The van der Waals surface area contributed by atoms with Crippen LogP contribution >= 0.6 is 0 Å². The molecule has 1 saturated heterocycles. The minimum absolute atomic E-state index is 0.0585. The molecule has 0 N–H and O–H groups in total. The molecule has 1 aromatic carbocycles. The molecule has 0 spiro atoms. The highest BCUT2D eigenvalue weighted by atomic mass is 19.4. The van der Waals surface area contributed by atoms with Crippen LogP contribution in [0.5, 0.6) is 5.75 Å². The van der Waals surface area contributed by atoms with E-state index in [-0.39, 0.29) is 25.4 Å². The van der Waals surface area contributed by atoms with Crippen molar-refractivity contribution in [3.63, 3.8) is 0 Å². The van der Waals surface area contributed by atoms with Crippen LogP contribution in [0.15, 0.2) is 24.3 Å². The number of methoxy groups -OCH3 is 1. The van der Waals surface area contributed by atoms with Gasteiger partial charge in [-0.25, -0.2) is 0 Å². The first-order chi connectivity index (χ1) is 10.4. The highest BCUT2D eigenvalue weighted by Gasteiger charge is 2.32. The molecule has 0 aliphatic carbocycles. The Morgan fingerprint density at radius 2 is 1.73 bits per heavy atom. The SMILES string of the molecule is COc1ccc(CC(=O)N2CCN(CC(F)(F)F)CC2)cc1. The number of piperazine rings is 1. The molecule has 1 aliphatic rings. The van der Waals surface area contributed by atoms with E-state index in [2.05, 4.69) is 0 Å². The Morgan fingerprint density at radius 1 is 1.14 bits per heavy atom. The number of alkyl halides is 3. The van der Waals surface area contributed by atoms with E-state index in [4.69, 9.17) is 4.74 Å². The van der Waals surface area contributed by atoms with E-state index in [0.717, 1.165) is 11.3 Å². The monoisotopic (exact) mass is 316 g/mol. The standard InChI is InChI=1S/C15H19F3N2O2/c1-22-13-4-2-12(3-5-13)10-14(21)20-8-6-19(7-9-20)11-15(16,17)18/h2-5H,6-11H2,1H3. The third-order valence-electron chi connectivity index (χ3n) is 3.64. The number of amides is 1. The van der Waals surface area contributed by atoms with E-state index < -0.39 is 12.7 Å². The summed E-state index contributed by atoms with van der Waals surface area (Å²) in [4.78, 5) is 15.1. The zero-order valence-electron chi connectivity index (χ0n) is 12.4. The van der Waals surface area contributed by atoms with Gasteiger partial charge in [0.1, 0.15) is 5.75 Å². The van der Waals surface area contributed by atoms with E-state index in [1.54, 1.807) is 24.1 Å². The molecule has 2 rings (SSSR count). The molecule has 1 fully saturated rings. The summed E-state index contributed by atoms with van der Waals surface area (Å²) >= 11 is 0. The van der Waals surface area contributed by atoms with Crippen LogP contribution in [0.1, 0.15) is 5.56 Å². The van der Waals surface area contributed by atoms with Crippen LogP contribution in [0, 0.1) is 0 Å². The molecular formula is C15H19F3N2O2. The van der Waals surface area contributed by atoms with Gasteiger partial charge in [-0.05, 0) is 17.7 Å². The van der Waals surface area contributed by atoms with Crippen LogP contribution in [0.2, 0.25) is 0 Å². The van der Waals surface area contributed by atoms with Gasteiger partial charge in [-0.3, -0.25) is 9.69 Å². The van der Waals surface area contributed by atoms with Gasteiger partial charge in [0.2, 0.25) is 5.91 Å².